The van der Waals surface area contributed by atoms with E-state index in [-0.39, 0.29) is 11.6 Å². The smallest absolute Gasteiger partial charge is 0.309 e. The summed E-state index contributed by atoms with van der Waals surface area (Å²) in [6.45, 7) is 7.33. The second kappa shape index (κ2) is 11.0. The van der Waals surface area contributed by atoms with Crippen molar-refractivity contribution in [1.82, 2.24) is 0 Å². The van der Waals surface area contributed by atoms with Crippen molar-refractivity contribution in [3.63, 3.8) is 0 Å². The topological polar surface area (TPSA) is 97.7 Å². The Hall–Kier alpha value is -1.72. The Bertz CT molecular complexity index is 465. The molecule has 144 valence electrons. The van der Waals surface area contributed by atoms with Gasteiger partial charge in [0, 0.05) is 25.7 Å². The molecule has 0 saturated carbocycles. The standard InChI is InChI=1S/C19H32O6/c1-18(2,17(23)24)12-6-10-15(21)8-5-9-16(22)11-7-13-19(3,4)25-14-20/h14H,5-13H2,1-4H3,(H,23,24). The molecule has 6 heteroatoms. The SMILES string of the molecule is CC(C)(CCCC(=O)CCCC(=O)CCCC(C)(C)C(=O)O)OC=O. The van der Waals surface area contributed by atoms with Gasteiger partial charge in [0.25, 0.3) is 6.47 Å². The average molecular weight is 356 g/mol. The number of carboxylic acid groups (broad SMARTS) is 1. The third kappa shape index (κ3) is 11.5. The molecule has 0 aliphatic carbocycles. The summed E-state index contributed by atoms with van der Waals surface area (Å²) in [7, 11) is 0. The third-order valence-corrected chi connectivity index (χ3v) is 4.35. The number of carbonyl (C=O) groups is 4. The molecule has 0 aromatic carbocycles. The van der Waals surface area contributed by atoms with E-state index < -0.39 is 17.0 Å². The van der Waals surface area contributed by atoms with Crippen LogP contribution in [0.15, 0.2) is 0 Å². The third-order valence-electron chi connectivity index (χ3n) is 4.35. The van der Waals surface area contributed by atoms with Crippen LogP contribution in [-0.4, -0.2) is 34.7 Å². The Balaban J connectivity index is 3.82. The highest BCUT2D eigenvalue weighted by Gasteiger charge is 2.26. The van der Waals surface area contributed by atoms with Crippen molar-refractivity contribution in [1.29, 1.82) is 0 Å². The van der Waals surface area contributed by atoms with Gasteiger partial charge in [-0.2, -0.15) is 0 Å². The molecule has 0 aromatic rings. The monoisotopic (exact) mass is 356 g/mol. The van der Waals surface area contributed by atoms with E-state index in [2.05, 4.69) is 0 Å². The normalized spacial score (nSPS) is 11.8. The maximum atomic E-state index is 11.8. The molecule has 0 atom stereocenters. The summed E-state index contributed by atoms with van der Waals surface area (Å²) in [6.07, 6.45) is 4.35. The lowest BCUT2D eigenvalue weighted by atomic mass is 9.87. The number of hydrogen-bond acceptors (Lipinski definition) is 5. The maximum Gasteiger partial charge on any atom is 0.309 e. The molecule has 1 N–H and O–H groups in total. The van der Waals surface area contributed by atoms with Crippen molar-refractivity contribution < 1.29 is 29.0 Å². The zero-order valence-corrected chi connectivity index (χ0v) is 15.9. The lowest BCUT2D eigenvalue weighted by molar-refractivity contribution is -0.147. The average Bonchev–Trinajstić information content (AvgIpc) is 2.46. The van der Waals surface area contributed by atoms with Crippen molar-refractivity contribution in [3.05, 3.63) is 0 Å². The molecule has 0 unspecified atom stereocenters. The first-order valence-electron chi connectivity index (χ1n) is 8.88. The van der Waals surface area contributed by atoms with E-state index in [1.54, 1.807) is 27.7 Å². The highest BCUT2D eigenvalue weighted by atomic mass is 16.5. The number of ketones is 2. The molecule has 6 nitrogen and oxygen atoms in total. The molecule has 0 bridgehead atoms. The minimum Gasteiger partial charge on any atom is -0.481 e. The molecular weight excluding hydrogens is 324 g/mol. The summed E-state index contributed by atoms with van der Waals surface area (Å²) >= 11 is 0. The second-order valence-electron chi connectivity index (χ2n) is 7.80. The number of carboxylic acids is 1. The van der Waals surface area contributed by atoms with Gasteiger partial charge in [0.2, 0.25) is 0 Å². The molecule has 0 amide bonds. The zero-order chi connectivity index (χ0) is 19.5. The van der Waals surface area contributed by atoms with Crippen LogP contribution < -0.4 is 0 Å². The number of rotatable bonds is 15. The van der Waals surface area contributed by atoms with Crippen LogP contribution >= 0.6 is 0 Å². The molecule has 25 heavy (non-hydrogen) atoms. The molecular formula is C19H32O6. The van der Waals surface area contributed by atoms with Crippen LogP contribution in [0.4, 0.5) is 0 Å². The van der Waals surface area contributed by atoms with Crippen LogP contribution in [0.3, 0.4) is 0 Å². The summed E-state index contributed by atoms with van der Waals surface area (Å²) in [6, 6.07) is 0. The number of hydrogen-bond donors (Lipinski definition) is 1. The van der Waals surface area contributed by atoms with E-state index in [9.17, 15) is 19.2 Å². The Morgan fingerprint density at radius 2 is 1.28 bits per heavy atom. The fraction of sp³-hybridized carbons (Fsp3) is 0.789. The minimum absolute atomic E-state index is 0.0782. The first-order valence-corrected chi connectivity index (χ1v) is 8.88. The Kier molecular flexibility index (Phi) is 10.2. The molecule has 0 aliphatic rings. The molecule has 0 heterocycles. The van der Waals surface area contributed by atoms with E-state index in [0.717, 1.165) is 0 Å². The highest BCUT2D eigenvalue weighted by Crippen LogP contribution is 2.23. The largest absolute Gasteiger partial charge is 0.481 e. The van der Waals surface area contributed by atoms with E-state index >= 15 is 0 Å². The number of Topliss-reactive ketones (excluding diaryl/α,β-unsaturated/α-hetero) is 2. The summed E-state index contributed by atoms with van der Waals surface area (Å²) < 4.78 is 4.93. The van der Waals surface area contributed by atoms with Crippen LogP contribution in [0.2, 0.25) is 0 Å². The van der Waals surface area contributed by atoms with Gasteiger partial charge in [-0.15, -0.1) is 0 Å². The summed E-state index contributed by atoms with van der Waals surface area (Å²) in [5, 5.41) is 9.01. The highest BCUT2D eigenvalue weighted by molar-refractivity contribution is 5.81. The van der Waals surface area contributed by atoms with Gasteiger partial charge in [-0.25, -0.2) is 0 Å². The lowest BCUT2D eigenvalue weighted by Crippen LogP contribution is -2.23. The van der Waals surface area contributed by atoms with Crippen molar-refractivity contribution in [2.45, 2.75) is 91.1 Å². The molecule has 0 rings (SSSR count). The predicted molar refractivity (Wildman–Crippen MR) is 94.2 cm³/mol. The van der Waals surface area contributed by atoms with Gasteiger partial charge in [0.1, 0.15) is 17.2 Å². The number of aliphatic carboxylic acids is 1. The van der Waals surface area contributed by atoms with E-state index in [4.69, 9.17) is 9.84 Å². The van der Waals surface area contributed by atoms with E-state index in [0.29, 0.717) is 64.3 Å². The van der Waals surface area contributed by atoms with E-state index in [1.807, 2.05) is 0 Å². The number of carbonyl (C=O) groups excluding carboxylic acids is 3. The van der Waals surface area contributed by atoms with E-state index in [1.165, 1.54) is 0 Å². The summed E-state index contributed by atoms with van der Waals surface area (Å²) in [5.74, 6) is -0.663. The van der Waals surface area contributed by atoms with Crippen LogP contribution in [0.1, 0.15) is 85.5 Å². The first kappa shape index (κ1) is 23.3. The maximum absolute atomic E-state index is 11.8. The van der Waals surface area contributed by atoms with Gasteiger partial charge in [-0.05, 0) is 59.8 Å². The zero-order valence-electron chi connectivity index (χ0n) is 15.9. The molecule has 0 spiro atoms. The van der Waals surface area contributed by atoms with Crippen molar-refractivity contribution >= 4 is 24.0 Å². The van der Waals surface area contributed by atoms with Crippen molar-refractivity contribution in [3.8, 4) is 0 Å². The van der Waals surface area contributed by atoms with Crippen LogP contribution in [0.5, 0.6) is 0 Å². The summed E-state index contributed by atoms with van der Waals surface area (Å²) in [5.41, 5.74) is -1.36. The fourth-order valence-corrected chi connectivity index (χ4v) is 2.47. The molecule has 0 aliphatic heterocycles. The molecule has 0 aromatic heterocycles. The minimum atomic E-state index is -0.854. The summed E-state index contributed by atoms with van der Waals surface area (Å²) in [4.78, 5) is 44.9. The number of ether oxygens (including phenoxy) is 1. The van der Waals surface area contributed by atoms with Gasteiger partial charge in [-0.3, -0.25) is 19.2 Å². The second-order valence-corrected chi connectivity index (χ2v) is 7.80. The van der Waals surface area contributed by atoms with Crippen LogP contribution in [0.25, 0.3) is 0 Å². The van der Waals surface area contributed by atoms with Gasteiger partial charge in [0.15, 0.2) is 0 Å². The van der Waals surface area contributed by atoms with Crippen molar-refractivity contribution in [2.24, 2.45) is 5.41 Å². The Morgan fingerprint density at radius 1 is 0.840 bits per heavy atom. The predicted octanol–water partition coefficient (Wildman–Crippen LogP) is 3.70. The Morgan fingerprint density at radius 3 is 1.72 bits per heavy atom. The van der Waals surface area contributed by atoms with Gasteiger partial charge in [0.05, 0.1) is 5.41 Å². The van der Waals surface area contributed by atoms with Gasteiger partial charge >= 0.3 is 5.97 Å². The molecule has 0 fully saturated rings. The van der Waals surface area contributed by atoms with Gasteiger partial charge in [-0.1, -0.05) is 0 Å². The first-order chi connectivity index (χ1) is 11.5. The molecule has 0 radical (unpaired) electrons. The molecule has 0 saturated heterocycles. The lowest BCUT2D eigenvalue weighted by Gasteiger charge is -2.21. The van der Waals surface area contributed by atoms with Crippen LogP contribution in [-0.2, 0) is 23.9 Å². The van der Waals surface area contributed by atoms with Crippen molar-refractivity contribution in [2.75, 3.05) is 0 Å². The quantitative estimate of drug-likeness (QED) is 0.449. The van der Waals surface area contributed by atoms with Gasteiger partial charge < -0.3 is 9.84 Å². The Labute approximate surface area is 150 Å². The van der Waals surface area contributed by atoms with Crippen LogP contribution in [0, 0.1) is 5.41 Å². The fourth-order valence-electron chi connectivity index (χ4n) is 2.47.